The van der Waals surface area contributed by atoms with Crippen molar-refractivity contribution in [2.75, 3.05) is 24.6 Å². The molecule has 1 aromatic rings. The van der Waals surface area contributed by atoms with E-state index in [4.69, 9.17) is 16.0 Å². The summed E-state index contributed by atoms with van der Waals surface area (Å²) in [4.78, 5) is 6.22. The summed E-state index contributed by atoms with van der Waals surface area (Å²) in [6.07, 6.45) is 2.31. The molecule has 0 fully saturated rings. The summed E-state index contributed by atoms with van der Waals surface area (Å²) >= 11 is 0. The highest BCUT2D eigenvalue weighted by atomic mass is 16.4. The Labute approximate surface area is 100 Å². The molecule has 17 heavy (non-hydrogen) atoms. The van der Waals surface area contributed by atoms with Crippen LogP contribution in [0.5, 0.6) is 0 Å². The molecule has 1 rings (SSSR count). The van der Waals surface area contributed by atoms with Gasteiger partial charge in [-0.1, -0.05) is 5.16 Å². The van der Waals surface area contributed by atoms with Gasteiger partial charge in [-0.3, -0.25) is 0 Å². The number of aliphatic hydroxyl groups is 1. The Balaban J connectivity index is 3.01. The molecule has 0 unspecified atom stereocenters. The highest BCUT2D eigenvalue weighted by Gasteiger charge is 2.13. The number of hydrogen-bond acceptors (Lipinski definition) is 5. The average molecular weight is 238 g/mol. The summed E-state index contributed by atoms with van der Waals surface area (Å²) in [7, 11) is 0. The number of aromatic nitrogens is 1. The van der Waals surface area contributed by atoms with Crippen LogP contribution in [0.15, 0.2) is 23.5 Å². The van der Waals surface area contributed by atoms with Gasteiger partial charge in [-0.2, -0.15) is 0 Å². The lowest BCUT2D eigenvalue weighted by Gasteiger charge is -2.23. The number of rotatable bonds is 6. The zero-order chi connectivity index (χ0) is 12.7. The topological polar surface area (TPSA) is 95.0 Å². The fourth-order valence-electron chi connectivity index (χ4n) is 1.58. The van der Waals surface area contributed by atoms with Gasteiger partial charge in [0.2, 0.25) is 0 Å². The van der Waals surface area contributed by atoms with E-state index in [0.717, 1.165) is 6.54 Å². The highest BCUT2D eigenvalue weighted by Crippen LogP contribution is 2.16. The van der Waals surface area contributed by atoms with Crippen LogP contribution < -0.4 is 10.6 Å². The van der Waals surface area contributed by atoms with E-state index in [9.17, 15) is 0 Å². The number of aliphatic hydroxyl groups excluding tert-OH is 1. The van der Waals surface area contributed by atoms with Crippen LogP contribution in [0.4, 0.5) is 5.82 Å². The van der Waals surface area contributed by atoms with Crippen molar-refractivity contribution < 1.29 is 10.3 Å². The van der Waals surface area contributed by atoms with Crippen molar-refractivity contribution in [3.8, 4) is 0 Å². The van der Waals surface area contributed by atoms with Crippen molar-refractivity contribution in [3.63, 3.8) is 0 Å². The molecule has 0 atom stereocenters. The van der Waals surface area contributed by atoms with Crippen molar-refractivity contribution in [3.05, 3.63) is 23.9 Å². The molecule has 0 aliphatic carbocycles. The predicted octanol–water partition coefficient (Wildman–Crippen LogP) is 0.385. The minimum Gasteiger partial charge on any atom is -0.409 e. The first-order valence-corrected chi connectivity index (χ1v) is 5.53. The molecule has 0 spiro atoms. The molecule has 94 valence electrons. The molecule has 0 aliphatic heterocycles. The Kier molecular flexibility index (Phi) is 5.22. The minimum atomic E-state index is 0.0375. The summed E-state index contributed by atoms with van der Waals surface area (Å²) in [6.45, 7) is 3.53. The van der Waals surface area contributed by atoms with Gasteiger partial charge in [0.25, 0.3) is 0 Å². The van der Waals surface area contributed by atoms with Crippen LogP contribution in [0.25, 0.3) is 0 Å². The van der Waals surface area contributed by atoms with Crippen molar-refractivity contribution in [2.24, 2.45) is 10.9 Å². The Morgan fingerprint density at radius 1 is 1.59 bits per heavy atom. The number of nitrogens with zero attached hydrogens (tertiary/aromatic N) is 3. The third-order valence-corrected chi connectivity index (χ3v) is 2.44. The van der Waals surface area contributed by atoms with E-state index in [1.54, 1.807) is 18.3 Å². The van der Waals surface area contributed by atoms with E-state index in [2.05, 4.69) is 10.1 Å². The second-order valence-electron chi connectivity index (χ2n) is 3.52. The second-order valence-corrected chi connectivity index (χ2v) is 3.52. The summed E-state index contributed by atoms with van der Waals surface area (Å²) in [5, 5.41) is 20.6. The summed E-state index contributed by atoms with van der Waals surface area (Å²) in [6, 6.07) is 3.48. The van der Waals surface area contributed by atoms with Gasteiger partial charge >= 0.3 is 0 Å². The van der Waals surface area contributed by atoms with Crippen molar-refractivity contribution in [2.45, 2.75) is 13.3 Å². The molecule has 0 aliphatic rings. The van der Waals surface area contributed by atoms with E-state index in [1.807, 2.05) is 11.8 Å². The fourth-order valence-corrected chi connectivity index (χ4v) is 1.58. The van der Waals surface area contributed by atoms with E-state index < -0.39 is 0 Å². The summed E-state index contributed by atoms with van der Waals surface area (Å²) < 4.78 is 0. The molecule has 0 saturated carbocycles. The smallest absolute Gasteiger partial charge is 0.173 e. The second kappa shape index (κ2) is 6.70. The SMILES string of the molecule is CCN(CCCO)c1ncccc1/C(N)=N/O. The standard InChI is InChI=1S/C11H18N4O2/c1-2-15(7-4-8-16)11-9(10(12)14-17)5-3-6-13-11/h3,5-6,16-17H,2,4,7-8H2,1H3,(H2,12,14). The van der Waals surface area contributed by atoms with Gasteiger partial charge < -0.3 is 20.9 Å². The van der Waals surface area contributed by atoms with Crippen molar-refractivity contribution >= 4 is 11.7 Å². The molecular formula is C11H18N4O2. The Morgan fingerprint density at radius 2 is 2.35 bits per heavy atom. The minimum absolute atomic E-state index is 0.0375. The quantitative estimate of drug-likeness (QED) is 0.288. The van der Waals surface area contributed by atoms with E-state index in [-0.39, 0.29) is 12.4 Å². The van der Waals surface area contributed by atoms with Gasteiger partial charge in [0.05, 0.1) is 5.56 Å². The molecule has 1 aromatic heterocycles. The zero-order valence-electron chi connectivity index (χ0n) is 9.87. The van der Waals surface area contributed by atoms with E-state index in [0.29, 0.717) is 24.3 Å². The first kappa shape index (κ1) is 13.2. The van der Waals surface area contributed by atoms with Gasteiger partial charge in [-0.25, -0.2) is 4.98 Å². The lowest BCUT2D eigenvalue weighted by molar-refractivity contribution is 0.289. The van der Waals surface area contributed by atoms with Crippen LogP contribution in [-0.2, 0) is 0 Å². The molecule has 0 saturated heterocycles. The van der Waals surface area contributed by atoms with Crippen molar-refractivity contribution in [1.29, 1.82) is 0 Å². The number of pyridine rings is 1. The summed E-state index contributed by atoms with van der Waals surface area (Å²) in [5.74, 6) is 0.703. The Bertz CT molecular complexity index is 381. The molecule has 0 aromatic carbocycles. The highest BCUT2D eigenvalue weighted by molar-refractivity contribution is 6.01. The van der Waals surface area contributed by atoms with Gasteiger partial charge in [-0.05, 0) is 25.5 Å². The van der Waals surface area contributed by atoms with Crippen LogP contribution >= 0.6 is 0 Å². The molecule has 4 N–H and O–H groups in total. The normalized spacial score (nSPS) is 11.5. The number of hydrogen-bond donors (Lipinski definition) is 3. The monoisotopic (exact) mass is 238 g/mol. The number of nitrogens with two attached hydrogens (primary N) is 1. The Hall–Kier alpha value is -1.82. The number of oxime groups is 1. The first-order chi connectivity index (χ1) is 8.24. The molecule has 6 heteroatoms. The third kappa shape index (κ3) is 3.32. The summed E-state index contributed by atoms with van der Waals surface area (Å²) in [5.41, 5.74) is 6.19. The van der Waals surface area contributed by atoms with Crippen molar-refractivity contribution in [1.82, 2.24) is 4.98 Å². The third-order valence-electron chi connectivity index (χ3n) is 2.44. The van der Waals surface area contributed by atoms with Crippen LogP contribution in [0.3, 0.4) is 0 Å². The maximum atomic E-state index is 8.85. The fraction of sp³-hybridized carbons (Fsp3) is 0.455. The molecule has 1 heterocycles. The number of amidine groups is 1. The molecule has 6 nitrogen and oxygen atoms in total. The van der Waals surface area contributed by atoms with Crippen LogP contribution in [0.1, 0.15) is 18.9 Å². The Morgan fingerprint density at radius 3 is 2.94 bits per heavy atom. The zero-order valence-corrected chi connectivity index (χ0v) is 9.87. The van der Waals surface area contributed by atoms with Gasteiger partial charge in [0.1, 0.15) is 5.82 Å². The number of anilines is 1. The lowest BCUT2D eigenvalue weighted by Crippen LogP contribution is -2.29. The maximum Gasteiger partial charge on any atom is 0.173 e. The molecular weight excluding hydrogens is 220 g/mol. The maximum absolute atomic E-state index is 8.85. The molecule has 0 radical (unpaired) electrons. The molecule has 0 bridgehead atoms. The van der Waals surface area contributed by atoms with Crippen LogP contribution in [0.2, 0.25) is 0 Å². The van der Waals surface area contributed by atoms with E-state index in [1.165, 1.54) is 0 Å². The average Bonchev–Trinajstić information content (AvgIpc) is 2.39. The van der Waals surface area contributed by atoms with Gasteiger partial charge in [-0.15, -0.1) is 0 Å². The van der Waals surface area contributed by atoms with Gasteiger partial charge in [0.15, 0.2) is 5.84 Å². The molecule has 0 amide bonds. The van der Waals surface area contributed by atoms with Gasteiger partial charge in [0, 0.05) is 25.9 Å². The van der Waals surface area contributed by atoms with Crippen LogP contribution in [-0.4, -0.2) is 40.8 Å². The van der Waals surface area contributed by atoms with Crippen LogP contribution in [0, 0.1) is 0 Å². The first-order valence-electron chi connectivity index (χ1n) is 5.53. The van der Waals surface area contributed by atoms with E-state index >= 15 is 0 Å². The predicted molar refractivity (Wildman–Crippen MR) is 66.3 cm³/mol. The largest absolute Gasteiger partial charge is 0.409 e. The lowest BCUT2D eigenvalue weighted by atomic mass is 10.2.